The van der Waals surface area contributed by atoms with Crippen molar-refractivity contribution in [3.63, 3.8) is 0 Å². The van der Waals surface area contributed by atoms with Crippen LogP contribution in [0, 0.1) is 0 Å². The van der Waals surface area contributed by atoms with Crippen LogP contribution in [0.25, 0.3) is 11.1 Å². The Labute approximate surface area is 196 Å². The van der Waals surface area contributed by atoms with Crippen molar-refractivity contribution < 1.29 is 29.0 Å². The third-order valence-electron chi connectivity index (χ3n) is 5.77. The van der Waals surface area contributed by atoms with E-state index in [1.807, 2.05) is 48.5 Å². The number of carboxylic acid groups (broad SMARTS) is 1. The van der Waals surface area contributed by atoms with E-state index in [2.05, 4.69) is 10.6 Å². The van der Waals surface area contributed by atoms with E-state index < -0.39 is 24.0 Å². The van der Waals surface area contributed by atoms with Crippen LogP contribution in [-0.2, 0) is 9.53 Å². The van der Waals surface area contributed by atoms with Gasteiger partial charge in [-0.15, -0.1) is 0 Å². The van der Waals surface area contributed by atoms with E-state index in [0.717, 1.165) is 22.3 Å². The third-order valence-corrected chi connectivity index (χ3v) is 5.77. The predicted octanol–water partition coefficient (Wildman–Crippen LogP) is 4.26. The molecule has 0 spiro atoms. The van der Waals surface area contributed by atoms with Gasteiger partial charge >= 0.3 is 12.1 Å². The first-order valence-corrected chi connectivity index (χ1v) is 10.7. The van der Waals surface area contributed by atoms with E-state index in [1.165, 1.54) is 26.2 Å². The molecule has 8 heteroatoms. The number of aliphatic carboxylic acids is 1. The molecule has 0 aromatic heterocycles. The normalized spacial score (nSPS) is 12.8. The number of ether oxygens (including phenoxy) is 2. The first kappa shape index (κ1) is 22.8. The summed E-state index contributed by atoms with van der Waals surface area (Å²) >= 11 is 0. The molecule has 0 radical (unpaired) electrons. The van der Waals surface area contributed by atoms with Crippen molar-refractivity contribution in [2.75, 3.05) is 19.0 Å². The number of carboxylic acids is 1. The molecular formula is C26H24N2O6. The lowest BCUT2D eigenvalue weighted by molar-refractivity contribution is -0.138. The minimum absolute atomic E-state index is 0.0856. The number of carbonyl (C=O) groups excluding carboxylic acids is 2. The van der Waals surface area contributed by atoms with Crippen LogP contribution in [-0.4, -0.2) is 42.8 Å². The Morgan fingerprint density at radius 3 is 2.18 bits per heavy atom. The zero-order chi connectivity index (χ0) is 24.2. The van der Waals surface area contributed by atoms with Crippen LogP contribution >= 0.6 is 0 Å². The number of carbonyl (C=O) groups is 3. The van der Waals surface area contributed by atoms with Crippen LogP contribution in [0.2, 0.25) is 0 Å². The molecule has 0 fully saturated rings. The van der Waals surface area contributed by atoms with Gasteiger partial charge in [-0.3, -0.25) is 14.9 Å². The van der Waals surface area contributed by atoms with Gasteiger partial charge in [0, 0.05) is 12.0 Å². The zero-order valence-electron chi connectivity index (χ0n) is 18.7. The van der Waals surface area contributed by atoms with Gasteiger partial charge in [-0.2, -0.15) is 0 Å². The number of amides is 2. The first-order chi connectivity index (χ1) is 16.4. The Hall–Kier alpha value is -4.33. The Balaban J connectivity index is 1.50. The molecule has 0 bridgehead atoms. The van der Waals surface area contributed by atoms with Crippen molar-refractivity contribution in [3.05, 3.63) is 83.4 Å². The monoisotopic (exact) mass is 460 g/mol. The van der Waals surface area contributed by atoms with Crippen molar-refractivity contribution in [2.45, 2.75) is 18.9 Å². The predicted molar refractivity (Wildman–Crippen MR) is 126 cm³/mol. The second-order valence-electron chi connectivity index (χ2n) is 7.90. The summed E-state index contributed by atoms with van der Waals surface area (Å²) in [6.07, 6.45) is -0.740. The van der Waals surface area contributed by atoms with E-state index >= 15 is 0 Å². The molecule has 3 N–H and O–H groups in total. The highest BCUT2D eigenvalue weighted by Crippen LogP contribution is 2.44. The molecule has 3 aromatic rings. The quantitative estimate of drug-likeness (QED) is 0.486. The topological polar surface area (TPSA) is 114 Å². The average molecular weight is 460 g/mol. The Bertz CT molecular complexity index is 1210. The summed E-state index contributed by atoms with van der Waals surface area (Å²) in [7, 11) is 1.46. The molecule has 0 unspecified atom stereocenters. The summed E-state index contributed by atoms with van der Waals surface area (Å²) < 4.78 is 10.7. The largest absolute Gasteiger partial charge is 0.497 e. The highest BCUT2D eigenvalue weighted by molar-refractivity contribution is 6.04. The molecule has 3 aromatic carbocycles. The number of hydrogen-bond donors (Lipinski definition) is 3. The molecule has 2 amide bonds. The number of rotatable bonds is 7. The fourth-order valence-electron chi connectivity index (χ4n) is 4.03. The lowest BCUT2D eigenvalue weighted by Crippen LogP contribution is -2.38. The lowest BCUT2D eigenvalue weighted by atomic mass is 9.98. The van der Waals surface area contributed by atoms with Crippen LogP contribution in [0.3, 0.4) is 0 Å². The lowest BCUT2D eigenvalue weighted by Gasteiger charge is -2.17. The van der Waals surface area contributed by atoms with Crippen LogP contribution < -0.4 is 15.4 Å². The van der Waals surface area contributed by atoms with Gasteiger partial charge in [-0.25, -0.2) is 4.79 Å². The number of anilines is 1. The molecular weight excluding hydrogens is 436 g/mol. The first-order valence-electron chi connectivity index (χ1n) is 10.7. The second-order valence-corrected chi connectivity index (χ2v) is 7.90. The summed E-state index contributed by atoms with van der Waals surface area (Å²) in [5, 5.41) is 14.0. The number of hydrogen-bond acceptors (Lipinski definition) is 5. The van der Waals surface area contributed by atoms with Gasteiger partial charge in [0.25, 0.3) is 5.91 Å². The van der Waals surface area contributed by atoms with Gasteiger partial charge < -0.3 is 19.9 Å². The summed E-state index contributed by atoms with van der Waals surface area (Å²) in [4.78, 5) is 36.4. The number of nitrogens with one attached hydrogen (secondary N) is 2. The van der Waals surface area contributed by atoms with E-state index in [9.17, 15) is 14.4 Å². The Kier molecular flexibility index (Phi) is 6.49. The van der Waals surface area contributed by atoms with Gasteiger partial charge in [-0.1, -0.05) is 48.5 Å². The highest BCUT2D eigenvalue weighted by Gasteiger charge is 2.29. The van der Waals surface area contributed by atoms with Crippen LogP contribution in [0.15, 0.2) is 66.7 Å². The SMILES string of the molecule is COc1ccc(C(=O)N[C@H](C)C(=O)O)c(NC(=O)OCC2c3ccccc3-c3ccccc32)c1. The maximum Gasteiger partial charge on any atom is 0.411 e. The Morgan fingerprint density at radius 1 is 0.971 bits per heavy atom. The second kappa shape index (κ2) is 9.66. The van der Waals surface area contributed by atoms with E-state index in [-0.39, 0.29) is 23.8 Å². The van der Waals surface area contributed by atoms with E-state index in [4.69, 9.17) is 14.6 Å². The molecule has 0 heterocycles. The minimum Gasteiger partial charge on any atom is -0.497 e. The molecule has 34 heavy (non-hydrogen) atoms. The molecule has 0 saturated heterocycles. The highest BCUT2D eigenvalue weighted by atomic mass is 16.5. The van der Waals surface area contributed by atoms with Gasteiger partial charge in [0.1, 0.15) is 18.4 Å². The standard InChI is InChI=1S/C26H24N2O6/c1-15(25(30)31)27-24(29)21-12-11-16(33-2)13-23(21)28-26(32)34-14-22-19-9-5-3-7-17(19)18-8-4-6-10-20(18)22/h3-13,15,22H,14H2,1-2H3,(H,27,29)(H,28,32)(H,30,31)/t15-/m1/s1. The van der Waals surface area contributed by atoms with Crippen LogP contribution in [0.5, 0.6) is 5.75 Å². The van der Waals surface area contributed by atoms with Crippen molar-refractivity contribution in [1.29, 1.82) is 0 Å². The maximum absolute atomic E-state index is 12.7. The van der Waals surface area contributed by atoms with Crippen molar-refractivity contribution in [2.24, 2.45) is 0 Å². The summed E-state index contributed by atoms with van der Waals surface area (Å²) in [5.74, 6) is -1.51. The zero-order valence-corrected chi connectivity index (χ0v) is 18.7. The van der Waals surface area contributed by atoms with Gasteiger partial charge in [0.05, 0.1) is 18.4 Å². The number of methoxy groups -OCH3 is 1. The Morgan fingerprint density at radius 2 is 1.59 bits per heavy atom. The minimum atomic E-state index is -1.17. The van der Waals surface area contributed by atoms with Crippen molar-refractivity contribution in [1.82, 2.24) is 5.32 Å². The fourth-order valence-corrected chi connectivity index (χ4v) is 4.03. The molecule has 1 atom stereocenters. The van der Waals surface area contributed by atoms with Gasteiger partial charge in [-0.05, 0) is 41.3 Å². The molecule has 1 aliphatic rings. The number of fused-ring (bicyclic) bond motifs is 3. The fraction of sp³-hybridized carbons (Fsp3) is 0.192. The molecule has 8 nitrogen and oxygen atoms in total. The molecule has 174 valence electrons. The van der Waals surface area contributed by atoms with E-state index in [0.29, 0.717) is 5.75 Å². The summed E-state index contributed by atoms with van der Waals surface area (Å²) in [6.45, 7) is 1.46. The van der Waals surface area contributed by atoms with Gasteiger partial charge in [0.2, 0.25) is 0 Å². The third kappa shape index (κ3) is 4.56. The van der Waals surface area contributed by atoms with Crippen molar-refractivity contribution in [3.8, 4) is 16.9 Å². The smallest absolute Gasteiger partial charge is 0.411 e. The van der Waals surface area contributed by atoms with Crippen molar-refractivity contribution >= 4 is 23.7 Å². The average Bonchev–Trinajstić information content (AvgIpc) is 3.16. The van der Waals surface area contributed by atoms with Gasteiger partial charge in [0.15, 0.2) is 0 Å². The maximum atomic E-state index is 12.7. The molecule has 4 rings (SSSR count). The summed E-state index contributed by atoms with van der Waals surface area (Å²) in [6, 6.07) is 19.4. The molecule has 0 saturated carbocycles. The summed E-state index contributed by atoms with van der Waals surface area (Å²) in [5.41, 5.74) is 4.63. The van der Waals surface area contributed by atoms with Crippen LogP contribution in [0.1, 0.15) is 34.3 Å². The van der Waals surface area contributed by atoms with Crippen LogP contribution in [0.4, 0.5) is 10.5 Å². The molecule has 1 aliphatic carbocycles. The van der Waals surface area contributed by atoms with E-state index in [1.54, 1.807) is 6.07 Å². The molecule has 0 aliphatic heterocycles. The number of benzene rings is 3.